The van der Waals surface area contributed by atoms with Gasteiger partial charge in [-0.2, -0.15) is 11.8 Å². The Hall–Kier alpha value is -1.00. The van der Waals surface area contributed by atoms with E-state index in [1.54, 1.807) is 7.05 Å². The van der Waals surface area contributed by atoms with Crippen LogP contribution in [0.4, 0.5) is 0 Å². The van der Waals surface area contributed by atoms with Crippen molar-refractivity contribution in [2.75, 3.05) is 13.3 Å². The SMILES string of the molecule is CNC(=O)c1ccc(CNC2CCC(SC)C2)cc1. The second-order valence-corrected chi connectivity index (χ2v) is 6.16. The van der Waals surface area contributed by atoms with Crippen LogP contribution in [-0.4, -0.2) is 30.5 Å². The second kappa shape index (κ2) is 6.96. The number of carbonyl (C=O) groups is 1. The molecule has 0 saturated heterocycles. The summed E-state index contributed by atoms with van der Waals surface area (Å²) >= 11 is 1.98. The van der Waals surface area contributed by atoms with E-state index in [1.807, 2.05) is 36.0 Å². The molecule has 2 N–H and O–H groups in total. The molecular weight excluding hydrogens is 256 g/mol. The fraction of sp³-hybridized carbons (Fsp3) is 0.533. The van der Waals surface area contributed by atoms with Crippen LogP contribution in [0.15, 0.2) is 24.3 Å². The molecule has 1 aromatic rings. The Balaban J connectivity index is 1.82. The summed E-state index contributed by atoms with van der Waals surface area (Å²) in [5.41, 5.74) is 1.95. The minimum atomic E-state index is -0.0295. The van der Waals surface area contributed by atoms with Crippen molar-refractivity contribution < 1.29 is 4.79 Å². The number of rotatable bonds is 5. The molecule has 0 spiro atoms. The van der Waals surface area contributed by atoms with Crippen molar-refractivity contribution in [3.63, 3.8) is 0 Å². The average Bonchev–Trinajstić information content (AvgIpc) is 2.93. The fourth-order valence-corrected chi connectivity index (χ4v) is 3.32. The Morgan fingerprint density at radius 1 is 1.32 bits per heavy atom. The summed E-state index contributed by atoms with van der Waals surface area (Å²) in [5.74, 6) is -0.0295. The molecule has 1 aliphatic carbocycles. The molecule has 0 aromatic heterocycles. The van der Waals surface area contributed by atoms with Crippen LogP contribution >= 0.6 is 11.8 Å². The van der Waals surface area contributed by atoms with Gasteiger partial charge in [-0.05, 0) is 43.2 Å². The molecule has 1 saturated carbocycles. The maximum Gasteiger partial charge on any atom is 0.251 e. The van der Waals surface area contributed by atoms with Crippen molar-refractivity contribution in [1.82, 2.24) is 10.6 Å². The van der Waals surface area contributed by atoms with E-state index in [0.717, 1.165) is 17.4 Å². The third-order valence-electron chi connectivity index (χ3n) is 3.76. The molecule has 19 heavy (non-hydrogen) atoms. The average molecular weight is 278 g/mol. The van der Waals surface area contributed by atoms with Crippen LogP contribution in [0.1, 0.15) is 35.2 Å². The lowest BCUT2D eigenvalue weighted by Crippen LogP contribution is -2.26. The predicted molar refractivity (Wildman–Crippen MR) is 81.6 cm³/mol. The highest BCUT2D eigenvalue weighted by molar-refractivity contribution is 7.99. The molecule has 0 aliphatic heterocycles. The van der Waals surface area contributed by atoms with Crippen molar-refractivity contribution in [2.24, 2.45) is 0 Å². The monoisotopic (exact) mass is 278 g/mol. The van der Waals surface area contributed by atoms with Crippen LogP contribution in [0.3, 0.4) is 0 Å². The van der Waals surface area contributed by atoms with E-state index in [2.05, 4.69) is 16.9 Å². The number of carbonyl (C=O) groups excluding carboxylic acids is 1. The molecular formula is C15H22N2OS. The standard InChI is InChI=1S/C15H22N2OS/c1-16-15(18)12-5-3-11(4-6-12)10-17-13-7-8-14(9-13)19-2/h3-6,13-14,17H,7-10H2,1-2H3,(H,16,18). The summed E-state index contributed by atoms with van der Waals surface area (Å²) in [6.45, 7) is 0.889. The van der Waals surface area contributed by atoms with E-state index >= 15 is 0 Å². The van der Waals surface area contributed by atoms with Crippen LogP contribution in [0.5, 0.6) is 0 Å². The van der Waals surface area contributed by atoms with E-state index in [1.165, 1.54) is 24.8 Å². The van der Waals surface area contributed by atoms with Gasteiger partial charge in [-0.15, -0.1) is 0 Å². The van der Waals surface area contributed by atoms with Crippen LogP contribution in [0, 0.1) is 0 Å². The zero-order valence-corrected chi connectivity index (χ0v) is 12.4. The Bertz CT molecular complexity index is 419. The van der Waals surface area contributed by atoms with Crippen LogP contribution in [0.25, 0.3) is 0 Å². The van der Waals surface area contributed by atoms with Crippen molar-refractivity contribution in [3.05, 3.63) is 35.4 Å². The largest absolute Gasteiger partial charge is 0.355 e. The lowest BCUT2D eigenvalue weighted by Gasteiger charge is -2.13. The van der Waals surface area contributed by atoms with Crippen molar-refractivity contribution in [3.8, 4) is 0 Å². The quantitative estimate of drug-likeness (QED) is 0.869. The Kier molecular flexibility index (Phi) is 5.28. The summed E-state index contributed by atoms with van der Waals surface area (Å²) in [4.78, 5) is 11.4. The molecule has 0 bridgehead atoms. The molecule has 2 unspecified atom stereocenters. The minimum absolute atomic E-state index is 0.0295. The van der Waals surface area contributed by atoms with Crippen molar-refractivity contribution in [2.45, 2.75) is 37.1 Å². The number of hydrogen-bond acceptors (Lipinski definition) is 3. The molecule has 0 radical (unpaired) electrons. The van der Waals surface area contributed by atoms with E-state index in [4.69, 9.17) is 0 Å². The lowest BCUT2D eigenvalue weighted by atomic mass is 10.1. The second-order valence-electron chi connectivity index (χ2n) is 5.02. The highest BCUT2D eigenvalue weighted by atomic mass is 32.2. The number of amides is 1. The van der Waals surface area contributed by atoms with Crippen LogP contribution in [-0.2, 0) is 6.54 Å². The minimum Gasteiger partial charge on any atom is -0.355 e. The molecule has 2 atom stereocenters. The Morgan fingerprint density at radius 2 is 2.05 bits per heavy atom. The smallest absolute Gasteiger partial charge is 0.251 e. The van der Waals surface area contributed by atoms with E-state index in [0.29, 0.717) is 6.04 Å². The first-order chi connectivity index (χ1) is 9.22. The van der Waals surface area contributed by atoms with E-state index < -0.39 is 0 Å². The van der Waals surface area contributed by atoms with Gasteiger partial charge in [0.25, 0.3) is 5.91 Å². The number of hydrogen-bond donors (Lipinski definition) is 2. The molecule has 0 heterocycles. The topological polar surface area (TPSA) is 41.1 Å². The van der Waals surface area contributed by atoms with Gasteiger partial charge in [-0.3, -0.25) is 4.79 Å². The van der Waals surface area contributed by atoms with E-state index in [-0.39, 0.29) is 5.91 Å². The van der Waals surface area contributed by atoms with Gasteiger partial charge in [0, 0.05) is 30.4 Å². The predicted octanol–water partition coefficient (Wildman–Crippen LogP) is 2.42. The lowest BCUT2D eigenvalue weighted by molar-refractivity contribution is 0.0963. The maximum atomic E-state index is 11.4. The molecule has 3 nitrogen and oxygen atoms in total. The van der Waals surface area contributed by atoms with Gasteiger partial charge in [0.05, 0.1) is 0 Å². The van der Waals surface area contributed by atoms with Gasteiger partial charge in [0.15, 0.2) is 0 Å². The summed E-state index contributed by atoms with van der Waals surface area (Å²) in [7, 11) is 1.65. The third kappa shape index (κ3) is 3.98. The number of benzene rings is 1. The highest BCUT2D eigenvalue weighted by Gasteiger charge is 2.23. The van der Waals surface area contributed by atoms with E-state index in [9.17, 15) is 4.79 Å². The van der Waals surface area contributed by atoms with Gasteiger partial charge < -0.3 is 10.6 Å². The Labute approximate surface area is 119 Å². The molecule has 1 aliphatic rings. The first kappa shape index (κ1) is 14.4. The number of nitrogens with one attached hydrogen (secondary N) is 2. The van der Waals surface area contributed by atoms with Crippen LogP contribution in [0.2, 0.25) is 0 Å². The zero-order chi connectivity index (χ0) is 13.7. The van der Waals surface area contributed by atoms with Gasteiger partial charge >= 0.3 is 0 Å². The van der Waals surface area contributed by atoms with Crippen molar-refractivity contribution >= 4 is 17.7 Å². The highest BCUT2D eigenvalue weighted by Crippen LogP contribution is 2.28. The summed E-state index contributed by atoms with van der Waals surface area (Å²) in [6, 6.07) is 8.47. The molecule has 1 amide bonds. The maximum absolute atomic E-state index is 11.4. The summed E-state index contributed by atoms with van der Waals surface area (Å²) in [5, 5.41) is 7.07. The normalized spacial score (nSPS) is 22.4. The van der Waals surface area contributed by atoms with Gasteiger partial charge in [-0.1, -0.05) is 12.1 Å². The first-order valence-corrected chi connectivity index (χ1v) is 8.09. The zero-order valence-electron chi connectivity index (χ0n) is 11.6. The first-order valence-electron chi connectivity index (χ1n) is 6.80. The number of thioether (sulfide) groups is 1. The van der Waals surface area contributed by atoms with Gasteiger partial charge in [0.1, 0.15) is 0 Å². The molecule has 1 fully saturated rings. The fourth-order valence-electron chi connectivity index (χ4n) is 2.52. The van der Waals surface area contributed by atoms with Gasteiger partial charge in [0.2, 0.25) is 0 Å². The molecule has 104 valence electrons. The Morgan fingerprint density at radius 3 is 2.63 bits per heavy atom. The molecule has 1 aromatic carbocycles. The summed E-state index contributed by atoms with van der Waals surface area (Å²) in [6.07, 6.45) is 6.08. The van der Waals surface area contributed by atoms with Gasteiger partial charge in [-0.25, -0.2) is 0 Å². The van der Waals surface area contributed by atoms with Crippen molar-refractivity contribution in [1.29, 1.82) is 0 Å². The summed E-state index contributed by atoms with van der Waals surface area (Å²) < 4.78 is 0. The third-order valence-corrected chi connectivity index (χ3v) is 4.85. The van der Waals surface area contributed by atoms with Crippen LogP contribution < -0.4 is 10.6 Å². The molecule has 4 heteroatoms. The molecule has 2 rings (SSSR count).